The fraction of sp³-hybridized carbons (Fsp3) is 0.562. The van der Waals surface area contributed by atoms with Crippen LogP contribution in [0.3, 0.4) is 0 Å². The van der Waals surface area contributed by atoms with Crippen molar-refractivity contribution in [2.24, 2.45) is 5.41 Å². The maximum absolute atomic E-state index is 12.0. The highest BCUT2D eigenvalue weighted by Gasteiger charge is 2.32. The second-order valence-corrected chi connectivity index (χ2v) is 6.73. The van der Waals surface area contributed by atoms with E-state index in [-0.39, 0.29) is 30.3 Å². The summed E-state index contributed by atoms with van der Waals surface area (Å²) in [4.78, 5) is 12.0. The summed E-state index contributed by atoms with van der Waals surface area (Å²) in [5.41, 5.74) is -0.00494. The zero-order valence-electron chi connectivity index (χ0n) is 13.6. The van der Waals surface area contributed by atoms with E-state index in [1.165, 1.54) is 0 Å². The third-order valence-corrected chi connectivity index (χ3v) is 4.42. The number of benzene rings is 1. The number of hydrogen-bond donors (Lipinski definition) is 2. The predicted octanol–water partition coefficient (Wildman–Crippen LogP) is 2.93. The van der Waals surface area contributed by atoms with Gasteiger partial charge in [-0.05, 0) is 44.1 Å². The van der Waals surface area contributed by atoms with Crippen LogP contribution in [0.5, 0.6) is 5.75 Å². The molecule has 1 aromatic carbocycles. The molecule has 136 valence electrons. The molecule has 1 aliphatic rings. The van der Waals surface area contributed by atoms with Gasteiger partial charge in [-0.1, -0.05) is 23.2 Å². The van der Waals surface area contributed by atoms with Crippen molar-refractivity contribution < 1.29 is 14.3 Å². The van der Waals surface area contributed by atoms with Crippen molar-refractivity contribution >= 4 is 41.5 Å². The van der Waals surface area contributed by atoms with Crippen LogP contribution in [0.15, 0.2) is 18.2 Å². The van der Waals surface area contributed by atoms with Crippen molar-refractivity contribution in [3.05, 3.63) is 28.2 Å². The van der Waals surface area contributed by atoms with Gasteiger partial charge in [-0.25, -0.2) is 0 Å². The maximum Gasteiger partial charge on any atom is 0.257 e. The molecule has 1 aliphatic heterocycles. The number of nitrogens with one attached hydrogen (secondary N) is 2. The lowest BCUT2D eigenvalue weighted by atomic mass is 9.79. The van der Waals surface area contributed by atoms with E-state index in [2.05, 4.69) is 10.6 Å². The van der Waals surface area contributed by atoms with Crippen LogP contribution < -0.4 is 15.4 Å². The first kappa shape index (κ1) is 21.3. The van der Waals surface area contributed by atoms with Crippen molar-refractivity contribution in [1.29, 1.82) is 0 Å². The smallest absolute Gasteiger partial charge is 0.257 e. The molecule has 1 fully saturated rings. The molecule has 0 unspecified atom stereocenters. The third kappa shape index (κ3) is 6.65. The molecule has 2 N–H and O–H groups in total. The minimum atomic E-state index is -0.171. The lowest BCUT2D eigenvalue weighted by Crippen LogP contribution is -2.47. The molecule has 24 heavy (non-hydrogen) atoms. The van der Waals surface area contributed by atoms with Crippen molar-refractivity contribution in [2.45, 2.75) is 12.8 Å². The first-order valence-electron chi connectivity index (χ1n) is 7.58. The van der Waals surface area contributed by atoms with Crippen LogP contribution in [0.4, 0.5) is 0 Å². The summed E-state index contributed by atoms with van der Waals surface area (Å²) >= 11 is 11.8. The SMILES string of the molecule is COCC1(CNC(=O)COc2cc(Cl)cc(Cl)c2)CCNCC1.Cl. The number of halogens is 3. The van der Waals surface area contributed by atoms with Crippen LogP contribution in [0.2, 0.25) is 10.0 Å². The predicted molar refractivity (Wildman–Crippen MR) is 98.6 cm³/mol. The number of amides is 1. The summed E-state index contributed by atoms with van der Waals surface area (Å²) in [6.07, 6.45) is 1.96. The molecular weight excluding hydrogens is 375 g/mol. The summed E-state index contributed by atoms with van der Waals surface area (Å²) in [7, 11) is 1.69. The molecule has 5 nitrogen and oxygen atoms in total. The molecule has 2 rings (SSSR count). The fourth-order valence-corrected chi connectivity index (χ4v) is 3.24. The van der Waals surface area contributed by atoms with Gasteiger partial charge in [-0.2, -0.15) is 0 Å². The van der Waals surface area contributed by atoms with E-state index in [0.717, 1.165) is 25.9 Å². The number of methoxy groups -OCH3 is 1. The Hall–Kier alpha value is -0.720. The summed E-state index contributed by atoms with van der Waals surface area (Å²) in [5.74, 6) is 0.307. The standard InChI is InChI=1S/C16H22Cl2N2O3.ClH/c1-22-11-16(2-4-19-5-3-16)10-20-15(21)9-23-14-7-12(17)6-13(18)8-14;/h6-8,19H,2-5,9-11H2,1H3,(H,20,21);1H. The van der Waals surface area contributed by atoms with Gasteiger partial charge in [0.25, 0.3) is 5.91 Å². The second-order valence-electron chi connectivity index (χ2n) is 5.85. The molecule has 0 radical (unpaired) electrons. The van der Waals surface area contributed by atoms with Gasteiger partial charge in [0.1, 0.15) is 5.75 Å². The Balaban J connectivity index is 0.00000288. The molecule has 0 atom stereocenters. The molecule has 0 bridgehead atoms. The van der Waals surface area contributed by atoms with E-state index >= 15 is 0 Å². The number of ether oxygens (including phenoxy) is 2. The molecular formula is C16H23Cl3N2O3. The molecule has 0 saturated carbocycles. The van der Waals surface area contributed by atoms with E-state index in [1.807, 2.05) is 0 Å². The van der Waals surface area contributed by atoms with Gasteiger partial charge in [0.15, 0.2) is 6.61 Å². The minimum absolute atomic E-state index is 0. The average molecular weight is 398 g/mol. The van der Waals surface area contributed by atoms with E-state index < -0.39 is 0 Å². The average Bonchev–Trinajstić information content (AvgIpc) is 2.51. The topological polar surface area (TPSA) is 59.6 Å². The van der Waals surface area contributed by atoms with Crippen molar-refractivity contribution in [2.75, 3.05) is 40.0 Å². The summed E-state index contributed by atoms with van der Waals surface area (Å²) in [5, 5.41) is 7.21. The highest BCUT2D eigenvalue weighted by Crippen LogP contribution is 2.28. The highest BCUT2D eigenvalue weighted by molar-refractivity contribution is 6.34. The number of carbonyl (C=O) groups is 1. The molecule has 1 heterocycles. The first-order valence-corrected chi connectivity index (χ1v) is 8.34. The normalized spacial score (nSPS) is 16.1. The Kier molecular flexibility index (Phi) is 9.16. The lowest BCUT2D eigenvalue weighted by Gasteiger charge is -2.37. The monoisotopic (exact) mass is 396 g/mol. The molecule has 1 amide bonds. The highest BCUT2D eigenvalue weighted by atomic mass is 35.5. The van der Waals surface area contributed by atoms with Crippen molar-refractivity contribution in [3.8, 4) is 5.75 Å². The van der Waals surface area contributed by atoms with E-state index in [4.69, 9.17) is 32.7 Å². The van der Waals surface area contributed by atoms with Gasteiger partial charge < -0.3 is 20.1 Å². The fourth-order valence-electron chi connectivity index (χ4n) is 2.73. The van der Waals surface area contributed by atoms with E-state index in [1.54, 1.807) is 25.3 Å². The Morgan fingerprint density at radius 1 is 1.25 bits per heavy atom. The molecule has 1 saturated heterocycles. The van der Waals surface area contributed by atoms with Gasteiger partial charge >= 0.3 is 0 Å². The number of hydrogen-bond acceptors (Lipinski definition) is 4. The zero-order chi connectivity index (χ0) is 16.7. The van der Waals surface area contributed by atoms with E-state index in [0.29, 0.717) is 28.9 Å². The zero-order valence-corrected chi connectivity index (χ0v) is 15.9. The Morgan fingerprint density at radius 3 is 2.46 bits per heavy atom. The molecule has 1 aromatic rings. The van der Waals surface area contributed by atoms with Crippen LogP contribution >= 0.6 is 35.6 Å². The van der Waals surface area contributed by atoms with E-state index in [9.17, 15) is 4.79 Å². The van der Waals surface area contributed by atoms with Crippen LogP contribution in [-0.4, -0.2) is 45.9 Å². The van der Waals surface area contributed by atoms with Gasteiger partial charge in [0.05, 0.1) is 6.61 Å². The molecule has 0 aromatic heterocycles. The summed E-state index contributed by atoms with van der Waals surface area (Å²) < 4.78 is 10.8. The first-order chi connectivity index (χ1) is 11.0. The van der Waals surface area contributed by atoms with Crippen molar-refractivity contribution in [1.82, 2.24) is 10.6 Å². The third-order valence-electron chi connectivity index (χ3n) is 3.98. The van der Waals surface area contributed by atoms with Gasteiger partial charge in [-0.15, -0.1) is 12.4 Å². The van der Waals surface area contributed by atoms with Crippen LogP contribution in [0.25, 0.3) is 0 Å². The van der Waals surface area contributed by atoms with Gasteiger partial charge in [-0.3, -0.25) is 4.79 Å². The lowest BCUT2D eigenvalue weighted by molar-refractivity contribution is -0.124. The van der Waals surface area contributed by atoms with Crippen LogP contribution in [0.1, 0.15) is 12.8 Å². The molecule has 0 aliphatic carbocycles. The van der Waals surface area contributed by atoms with Crippen LogP contribution in [0, 0.1) is 5.41 Å². The number of carbonyl (C=O) groups excluding carboxylic acids is 1. The number of piperidine rings is 1. The van der Waals surface area contributed by atoms with Crippen molar-refractivity contribution in [3.63, 3.8) is 0 Å². The molecule has 8 heteroatoms. The van der Waals surface area contributed by atoms with Gasteiger partial charge in [0, 0.05) is 29.1 Å². The van der Waals surface area contributed by atoms with Gasteiger partial charge in [0.2, 0.25) is 0 Å². The Labute approximate surface area is 158 Å². The minimum Gasteiger partial charge on any atom is -0.484 e. The maximum atomic E-state index is 12.0. The number of rotatable bonds is 7. The Bertz CT molecular complexity index is 512. The summed E-state index contributed by atoms with van der Waals surface area (Å²) in [6, 6.07) is 4.86. The Morgan fingerprint density at radius 2 is 1.88 bits per heavy atom. The van der Waals surface area contributed by atoms with Crippen LogP contribution in [-0.2, 0) is 9.53 Å². The summed E-state index contributed by atoms with van der Waals surface area (Å²) in [6.45, 7) is 3.03. The molecule has 0 spiro atoms. The largest absolute Gasteiger partial charge is 0.484 e. The quantitative estimate of drug-likeness (QED) is 0.743. The second kappa shape index (κ2) is 10.3.